The topological polar surface area (TPSA) is 75.3 Å². The molecule has 7 nitrogen and oxygen atoms in total. The van der Waals surface area contributed by atoms with Gasteiger partial charge in [-0.25, -0.2) is 0 Å². The molecule has 0 heterocycles. The van der Waals surface area contributed by atoms with Crippen LogP contribution >= 0.6 is 15.9 Å². The summed E-state index contributed by atoms with van der Waals surface area (Å²) in [6, 6.07) is 6.95. The van der Waals surface area contributed by atoms with Gasteiger partial charge in [0.05, 0.1) is 35.5 Å². The van der Waals surface area contributed by atoms with E-state index in [4.69, 9.17) is 23.7 Å². The van der Waals surface area contributed by atoms with Gasteiger partial charge in [-0.2, -0.15) is 0 Å². The molecule has 0 fully saturated rings. The van der Waals surface area contributed by atoms with Crippen molar-refractivity contribution in [2.45, 2.75) is 6.42 Å². The van der Waals surface area contributed by atoms with Crippen molar-refractivity contribution in [2.75, 3.05) is 42.1 Å². The summed E-state index contributed by atoms with van der Waals surface area (Å²) in [4.78, 5) is 12.6. The molecule has 0 saturated carbocycles. The maximum absolute atomic E-state index is 12.6. The average molecular weight is 454 g/mol. The van der Waals surface area contributed by atoms with Crippen LogP contribution in [0, 0.1) is 0 Å². The summed E-state index contributed by atoms with van der Waals surface area (Å²) < 4.78 is 27.3. The molecule has 2 aromatic rings. The van der Waals surface area contributed by atoms with E-state index < -0.39 is 0 Å². The Balaban J connectivity index is 2.11. The van der Waals surface area contributed by atoms with Crippen molar-refractivity contribution in [2.24, 2.45) is 0 Å². The van der Waals surface area contributed by atoms with E-state index in [0.717, 1.165) is 10.0 Å². The van der Waals surface area contributed by atoms with Gasteiger partial charge in [0, 0.05) is 16.6 Å². The largest absolute Gasteiger partial charge is 0.493 e. The summed E-state index contributed by atoms with van der Waals surface area (Å²) in [6.45, 7) is 0.434. The Morgan fingerprint density at radius 1 is 0.821 bits per heavy atom. The number of halogens is 1. The highest BCUT2D eigenvalue weighted by Crippen LogP contribution is 2.38. The van der Waals surface area contributed by atoms with Gasteiger partial charge in [-0.3, -0.25) is 4.79 Å². The number of carbonyl (C=O) groups excluding carboxylic acids is 1. The van der Waals surface area contributed by atoms with E-state index in [0.29, 0.717) is 47.3 Å². The Kier molecular flexibility index (Phi) is 7.80. The zero-order chi connectivity index (χ0) is 20.7. The van der Waals surface area contributed by atoms with Crippen LogP contribution in [0.1, 0.15) is 15.9 Å². The molecule has 0 spiro atoms. The lowest BCUT2D eigenvalue weighted by atomic mass is 10.1. The summed E-state index contributed by atoms with van der Waals surface area (Å²) in [5, 5.41) is 2.90. The van der Waals surface area contributed by atoms with E-state index in [9.17, 15) is 4.79 Å². The van der Waals surface area contributed by atoms with Gasteiger partial charge < -0.3 is 29.0 Å². The van der Waals surface area contributed by atoms with Crippen LogP contribution in [0.4, 0.5) is 0 Å². The maximum Gasteiger partial charge on any atom is 0.251 e. The molecule has 0 radical (unpaired) electrons. The lowest BCUT2D eigenvalue weighted by Gasteiger charge is -2.14. The Bertz CT molecular complexity index is 815. The lowest BCUT2D eigenvalue weighted by molar-refractivity contribution is 0.0953. The lowest BCUT2D eigenvalue weighted by Crippen LogP contribution is -2.26. The summed E-state index contributed by atoms with van der Waals surface area (Å²) in [7, 11) is 7.70. The Morgan fingerprint density at radius 2 is 1.36 bits per heavy atom. The van der Waals surface area contributed by atoms with Crippen molar-refractivity contribution >= 4 is 21.8 Å². The first-order valence-corrected chi connectivity index (χ1v) is 9.26. The molecule has 0 unspecified atom stereocenters. The first-order valence-electron chi connectivity index (χ1n) is 8.47. The zero-order valence-corrected chi connectivity index (χ0v) is 18.1. The number of hydrogen-bond acceptors (Lipinski definition) is 6. The molecule has 8 heteroatoms. The number of carbonyl (C=O) groups is 1. The number of benzene rings is 2. The highest BCUT2D eigenvalue weighted by molar-refractivity contribution is 9.10. The van der Waals surface area contributed by atoms with Gasteiger partial charge >= 0.3 is 0 Å². The number of amides is 1. The molecule has 2 aromatic carbocycles. The van der Waals surface area contributed by atoms with Crippen molar-refractivity contribution in [3.8, 4) is 28.7 Å². The third kappa shape index (κ3) is 4.81. The molecule has 0 aliphatic carbocycles. The SMILES string of the molecule is COc1cc(Br)c(CCNC(=O)c2cc(OC)c(OC)c(OC)c2)cc1OC. The summed E-state index contributed by atoms with van der Waals surface area (Å²) in [6.07, 6.45) is 0.608. The first kappa shape index (κ1) is 21.7. The third-order valence-corrected chi connectivity index (χ3v) is 4.90. The van der Waals surface area contributed by atoms with Crippen LogP contribution in [0.15, 0.2) is 28.7 Å². The van der Waals surface area contributed by atoms with E-state index >= 15 is 0 Å². The molecule has 0 aliphatic rings. The van der Waals surface area contributed by atoms with E-state index in [1.807, 2.05) is 12.1 Å². The second kappa shape index (κ2) is 10.1. The van der Waals surface area contributed by atoms with E-state index in [2.05, 4.69) is 21.2 Å². The van der Waals surface area contributed by atoms with Gasteiger partial charge in [-0.15, -0.1) is 0 Å². The molecule has 2 rings (SSSR count). The molecule has 0 aromatic heterocycles. The standard InChI is InChI=1S/C20H24BrNO6/c1-24-15-8-12(14(21)11-16(15)25-2)6-7-22-20(23)13-9-17(26-3)19(28-5)18(10-13)27-4/h8-11H,6-7H2,1-5H3,(H,22,23). The number of rotatable bonds is 9. The van der Waals surface area contributed by atoms with Gasteiger partial charge in [0.25, 0.3) is 5.91 Å². The summed E-state index contributed by atoms with van der Waals surface area (Å²) >= 11 is 3.52. The molecule has 0 saturated heterocycles. The fourth-order valence-corrected chi connectivity index (χ4v) is 3.23. The fourth-order valence-electron chi connectivity index (χ4n) is 2.71. The number of nitrogens with one attached hydrogen (secondary N) is 1. The molecular formula is C20H24BrNO6. The minimum absolute atomic E-state index is 0.240. The monoisotopic (exact) mass is 453 g/mol. The van der Waals surface area contributed by atoms with Crippen LogP contribution in [-0.4, -0.2) is 48.0 Å². The maximum atomic E-state index is 12.6. The van der Waals surface area contributed by atoms with Crippen molar-refractivity contribution in [1.82, 2.24) is 5.32 Å². The van der Waals surface area contributed by atoms with E-state index in [-0.39, 0.29) is 5.91 Å². The second-order valence-corrected chi connectivity index (χ2v) is 6.57. The molecule has 1 amide bonds. The number of ether oxygens (including phenoxy) is 5. The van der Waals surface area contributed by atoms with Crippen LogP contribution in [-0.2, 0) is 6.42 Å². The first-order chi connectivity index (χ1) is 13.5. The minimum Gasteiger partial charge on any atom is -0.493 e. The second-order valence-electron chi connectivity index (χ2n) is 5.72. The van der Waals surface area contributed by atoms with Gasteiger partial charge in [0.15, 0.2) is 23.0 Å². The fraction of sp³-hybridized carbons (Fsp3) is 0.350. The highest BCUT2D eigenvalue weighted by Gasteiger charge is 2.17. The quantitative estimate of drug-likeness (QED) is 0.626. The Hall–Kier alpha value is -2.61. The molecule has 0 atom stereocenters. The molecule has 0 aliphatic heterocycles. The van der Waals surface area contributed by atoms with Gasteiger partial charge in [0.2, 0.25) is 5.75 Å². The van der Waals surface area contributed by atoms with Crippen LogP contribution in [0.3, 0.4) is 0 Å². The van der Waals surface area contributed by atoms with E-state index in [1.165, 1.54) is 21.3 Å². The Morgan fingerprint density at radius 3 is 1.86 bits per heavy atom. The number of methoxy groups -OCH3 is 5. The van der Waals surface area contributed by atoms with Gasteiger partial charge in [-0.05, 0) is 36.2 Å². The highest BCUT2D eigenvalue weighted by atomic mass is 79.9. The van der Waals surface area contributed by atoms with Crippen molar-refractivity contribution in [1.29, 1.82) is 0 Å². The van der Waals surface area contributed by atoms with Crippen molar-refractivity contribution < 1.29 is 28.5 Å². The third-order valence-electron chi connectivity index (χ3n) is 4.16. The smallest absolute Gasteiger partial charge is 0.251 e. The van der Waals surface area contributed by atoms with Crippen LogP contribution in [0.25, 0.3) is 0 Å². The molecule has 28 heavy (non-hydrogen) atoms. The van der Waals surface area contributed by atoms with Gasteiger partial charge in [0.1, 0.15) is 0 Å². The molecule has 1 N–H and O–H groups in total. The van der Waals surface area contributed by atoms with Crippen LogP contribution in [0.2, 0.25) is 0 Å². The van der Waals surface area contributed by atoms with Crippen LogP contribution < -0.4 is 29.0 Å². The number of hydrogen-bond donors (Lipinski definition) is 1. The average Bonchev–Trinajstić information content (AvgIpc) is 2.72. The Labute approximate surface area is 173 Å². The van der Waals surface area contributed by atoms with Gasteiger partial charge in [-0.1, -0.05) is 15.9 Å². The predicted molar refractivity (Wildman–Crippen MR) is 109 cm³/mol. The summed E-state index contributed by atoms with van der Waals surface area (Å²) in [5.41, 5.74) is 1.41. The zero-order valence-electron chi connectivity index (χ0n) is 16.6. The molecule has 0 bridgehead atoms. The van der Waals surface area contributed by atoms with Crippen LogP contribution in [0.5, 0.6) is 28.7 Å². The van der Waals surface area contributed by atoms with E-state index in [1.54, 1.807) is 26.4 Å². The van der Waals surface area contributed by atoms with Crippen molar-refractivity contribution in [3.05, 3.63) is 39.9 Å². The minimum atomic E-state index is -0.240. The predicted octanol–water partition coefficient (Wildman–Crippen LogP) is 3.46. The summed E-state index contributed by atoms with van der Waals surface area (Å²) in [5.74, 6) is 2.33. The van der Waals surface area contributed by atoms with Crippen molar-refractivity contribution in [3.63, 3.8) is 0 Å². The molecule has 152 valence electrons. The molecular weight excluding hydrogens is 430 g/mol. The normalized spacial score (nSPS) is 10.2.